The Labute approximate surface area is 117 Å². The average molecular weight is 277 g/mol. The van der Waals surface area contributed by atoms with E-state index in [0.29, 0.717) is 12.1 Å². The van der Waals surface area contributed by atoms with E-state index in [0.717, 1.165) is 45.1 Å². The van der Waals surface area contributed by atoms with Crippen molar-refractivity contribution in [1.29, 1.82) is 0 Å². The molecule has 1 aliphatic rings. The molecule has 1 N–H and O–H groups in total. The van der Waals surface area contributed by atoms with Gasteiger partial charge in [0.2, 0.25) is 0 Å². The normalized spacial score (nSPS) is 21.7. The van der Waals surface area contributed by atoms with Gasteiger partial charge in [0.25, 0.3) is 0 Å². The van der Waals surface area contributed by atoms with E-state index in [1.807, 2.05) is 0 Å². The lowest BCUT2D eigenvalue weighted by molar-refractivity contribution is -0.0370. The van der Waals surface area contributed by atoms with Gasteiger partial charge < -0.3 is 10.1 Å². The van der Waals surface area contributed by atoms with Crippen molar-refractivity contribution in [3.8, 4) is 0 Å². The van der Waals surface area contributed by atoms with Gasteiger partial charge in [0.1, 0.15) is 0 Å². The van der Waals surface area contributed by atoms with Crippen LogP contribution >= 0.6 is 11.6 Å². The summed E-state index contributed by atoms with van der Waals surface area (Å²) in [5.74, 6) is 0.800. The van der Waals surface area contributed by atoms with E-state index in [4.69, 9.17) is 16.3 Å². The molecule has 0 spiro atoms. The average Bonchev–Trinajstić information content (AvgIpc) is 2.38. The molecule has 3 nitrogen and oxygen atoms in total. The molecule has 1 aliphatic heterocycles. The number of alkyl halides is 1. The molecule has 1 saturated heterocycles. The van der Waals surface area contributed by atoms with Gasteiger partial charge in [0, 0.05) is 31.6 Å². The highest BCUT2D eigenvalue weighted by Crippen LogP contribution is 2.08. The summed E-state index contributed by atoms with van der Waals surface area (Å²) in [5, 5.41) is 3.51. The van der Waals surface area contributed by atoms with Gasteiger partial charge in [-0.05, 0) is 33.2 Å². The lowest BCUT2D eigenvalue weighted by Crippen LogP contribution is -2.49. The Morgan fingerprint density at radius 2 is 2.06 bits per heavy atom. The fourth-order valence-corrected chi connectivity index (χ4v) is 2.48. The lowest BCUT2D eigenvalue weighted by atomic mass is 10.2. The minimum Gasteiger partial charge on any atom is -0.374 e. The minimum absolute atomic E-state index is 0.365. The van der Waals surface area contributed by atoms with E-state index >= 15 is 0 Å². The molecule has 1 fully saturated rings. The van der Waals surface area contributed by atoms with Gasteiger partial charge in [0.05, 0.1) is 12.7 Å². The van der Waals surface area contributed by atoms with Crippen LogP contribution in [-0.4, -0.2) is 55.7 Å². The van der Waals surface area contributed by atoms with Gasteiger partial charge in [-0.15, -0.1) is 11.6 Å². The van der Waals surface area contributed by atoms with Crippen molar-refractivity contribution < 1.29 is 4.74 Å². The SMILES string of the molecule is CC(C)N1CCOC(CNCCCCCCCl)C1. The zero-order valence-electron chi connectivity index (χ0n) is 12.0. The maximum atomic E-state index is 5.78. The smallest absolute Gasteiger partial charge is 0.0826 e. The third-order valence-corrected chi connectivity index (χ3v) is 3.78. The molecule has 0 saturated carbocycles. The zero-order chi connectivity index (χ0) is 13.2. The molecule has 0 amide bonds. The van der Waals surface area contributed by atoms with E-state index in [9.17, 15) is 0 Å². The highest BCUT2D eigenvalue weighted by Gasteiger charge is 2.21. The quantitative estimate of drug-likeness (QED) is 0.517. The third-order valence-electron chi connectivity index (χ3n) is 3.51. The van der Waals surface area contributed by atoms with E-state index < -0.39 is 0 Å². The second kappa shape index (κ2) is 10.0. The monoisotopic (exact) mass is 276 g/mol. The summed E-state index contributed by atoms with van der Waals surface area (Å²) in [5.41, 5.74) is 0. The summed E-state index contributed by atoms with van der Waals surface area (Å²) in [6.07, 6.45) is 5.30. The highest BCUT2D eigenvalue weighted by atomic mass is 35.5. The largest absolute Gasteiger partial charge is 0.374 e. The number of ether oxygens (including phenoxy) is 1. The summed E-state index contributed by atoms with van der Waals surface area (Å²) < 4.78 is 5.78. The Bertz CT molecular complexity index is 202. The Balaban J connectivity index is 1.98. The number of unbranched alkanes of at least 4 members (excludes halogenated alkanes) is 3. The molecule has 0 radical (unpaired) electrons. The van der Waals surface area contributed by atoms with Crippen molar-refractivity contribution in [2.45, 2.75) is 51.7 Å². The number of rotatable bonds is 9. The summed E-state index contributed by atoms with van der Waals surface area (Å²) in [4.78, 5) is 2.50. The first-order valence-electron chi connectivity index (χ1n) is 7.36. The van der Waals surface area contributed by atoms with Crippen LogP contribution in [0.5, 0.6) is 0 Å². The number of nitrogens with one attached hydrogen (secondary N) is 1. The first-order chi connectivity index (χ1) is 8.74. The van der Waals surface area contributed by atoms with Crippen molar-refractivity contribution >= 4 is 11.6 Å². The van der Waals surface area contributed by atoms with E-state index in [2.05, 4.69) is 24.1 Å². The molecule has 0 aromatic rings. The molecular formula is C14H29ClN2O. The van der Waals surface area contributed by atoms with E-state index in [1.165, 1.54) is 19.3 Å². The lowest BCUT2D eigenvalue weighted by Gasteiger charge is -2.35. The second-order valence-corrected chi connectivity index (χ2v) is 5.77. The Morgan fingerprint density at radius 1 is 1.28 bits per heavy atom. The van der Waals surface area contributed by atoms with Crippen molar-refractivity contribution in [3.63, 3.8) is 0 Å². The van der Waals surface area contributed by atoms with Crippen LogP contribution in [0.15, 0.2) is 0 Å². The predicted octanol–water partition coefficient (Wildman–Crippen LogP) is 2.48. The van der Waals surface area contributed by atoms with Gasteiger partial charge in [-0.1, -0.05) is 12.8 Å². The Kier molecular flexibility index (Phi) is 9.03. The molecule has 1 heterocycles. The van der Waals surface area contributed by atoms with Crippen LogP contribution in [0.3, 0.4) is 0 Å². The van der Waals surface area contributed by atoms with Crippen LogP contribution in [-0.2, 0) is 4.74 Å². The molecule has 1 unspecified atom stereocenters. The molecule has 0 aromatic heterocycles. The fourth-order valence-electron chi connectivity index (χ4n) is 2.30. The van der Waals surface area contributed by atoms with Gasteiger partial charge in [-0.3, -0.25) is 4.90 Å². The van der Waals surface area contributed by atoms with Gasteiger partial charge in [-0.2, -0.15) is 0 Å². The predicted molar refractivity (Wildman–Crippen MR) is 78.5 cm³/mol. The summed E-state index contributed by atoms with van der Waals surface area (Å²) in [6, 6.07) is 0.631. The van der Waals surface area contributed by atoms with Crippen molar-refractivity contribution in [3.05, 3.63) is 0 Å². The van der Waals surface area contributed by atoms with Crippen molar-refractivity contribution in [2.24, 2.45) is 0 Å². The first-order valence-corrected chi connectivity index (χ1v) is 7.90. The molecule has 0 aromatic carbocycles. The fraction of sp³-hybridized carbons (Fsp3) is 1.00. The molecule has 18 heavy (non-hydrogen) atoms. The highest BCUT2D eigenvalue weighted by molar-refractivity contribution is 6.17. The number of nitrogens with zero attached hydrogens (tertiary/aromatic N) is 1. The number of halogens is 1. The van der Waals surface area contributed by atoms with Crippen LogP contribution in [0, 0.1) is 0 Å². The van der Waals surface area contributed by atoms with Crippen LogP contribution in [0.2, 0.25) is 0 Å². The number of hydrogen-bond acceptors (Lipinski definition) is 3. The summed E-state index contributed by atoms with van der Waals surface area (Å²) in [7, 11) is 0. The van der Waals surface area contributed by atoms with E-state index in [1.54, 1.807) is 0 Å². The van der Waals surface area contributed by atoms with Crippen LogP contribution in [0.25, 0.3) is 0 Å². The Morgan fingerprint density at radius 3 is 2.78 bits per heavy atom. The van der Waals surface area contributed by atoms with Gasteiger partial charge in [0.15, 0.2) is 0 Å². The molecule has 1 rings (SSSR count). The third kappa shape index (κ3) is 6.93. The molecule has 4 heteroatoms. The van der Waals surface area contributed by atoms with Crippen LogP contribution < -0.4 is 5.32 Å². The second-order valence-electron chi connectivity index (χ2n) is 5.39. The zero-order valence-corrected chi connectivity index (χ0v) is 12.7. The molecule has 108 valence electrons. The van der Waals surface area contributed by atoms with Crippen molar-refractivity contribution in [1.82, 2.24) is 10.2 Å². The Hall–Kier alpha value is 0.170. The minimum atomic E-state index is 0.365. The van der Waals surface area contributed by atoms with Crippen molar-refractivity contribution in [2.75, 3.05) is 38.7 Å². The maximum absolute atomic E-state index is 5.78. The van der Waals surface area contributed by atoms with E-state index in [-0.39, 0.29) is 0 Å². The molecule has 0 bridgehead atoms. The van der Waals surface area contributed by atoms with Crippen LogP contribution in [0.4, 0.5) is 0 Å². The maximum Gasteiger partial charge on any atom is 0.0826 e. The molecule has 1 atom stereocenters. The number of morpholine rings is 1. The first kappa shape index (κ1) is 16.2. The van der Waals surface area contributed by atoms with Crippen LogP contribution in [0.1, 0.15) is 39.5 Å². The van der Waals surface area contributed by atoms with Gasteiger partial charge >= 0.3 is 0 Å². The summed E-state index contributed by atoms with van der Waals surface area (Å²) >= 11 is 5.65. The molecular weight excluding hydrogens is 248 g/mol. The standard InChI is InChI=1S/C14H29ClN2O/c1-13(2)17-9-10-18-14(12-17)11-16-8-6-4-3-5-7-15/h13-14,16H,3-12H2,1-2H3. The topological polar surface area (TPSA) is 24.5 Å². The molecule has 0 aliphatic carbocycles. The van der Waals surface area contributed by atoms with Gasteiger partial charge in [-0.25, -0.2) is 0 Å². The summed E-state index contributed by atoms with van der Waals surface area (Å²) in [6.45, 7) is 9.62. The number of hydrogen-bond donors (Lipinski definition) is 1.